The van der Waals surface area contributed by atoms with Crippen LogP contribution in [-0.2, 0) is 16.1 Å². The standard InChI is InChI=1S/C15H20BrN3O2/c1-9(2)6-13-14(20)18-10(3)15(21)19(13)8-12-5-4-11(16)7-17-12/h4-5,7,9-10,13H,6,8H2,1-3H3,(H,18,20). The molecule has 0 spiro atoms. The van der Waals surface area contributed by atoms with Crippen LogP contribution in [-0.4, -0.2) is 33.8 Å². The van der Waals surface area contributed by atoms with Gasteiger partial charge in [0.25, 0.3) is 0 Å². The van der Waals surface area contributed by atoms with Gasteiger partial charge in [-0.1, -0.05) is 13.8 Å². The number of rotatable bonds is 4. The number of hydrogen-bond donors (Lipinski definition) is 1. The molecular formula is C15H20BrN3O2. The number of carbonyl (C=O) groups is 2. The van der Waals surface area contributed by atoms with E-state index in [2.05, 4.69) is 26.2 Å². The lowest BCUT2D eigenvalue weighted by Gasteiger charge is -2.38. The van der Waals surface area contributed by atoms with Gasteiger partial charge >= 0.3 is 0 Å². The van der Waals surface area contributed by atoms with Crippen LogP contribution in [0.2, 0.25) is 0 Å². The summed E-state index contributed by atoms with van der Waals surface area (Å²) in [7, 11) is 0. The molecule has 1 saturated heterocycles. The summed E-state index contributed by atoms with van der Waals surface area (Å²) in [5, 5.41) is 2.75. The predicted octanol–water partition coefficient (Wildman–Crippen LogP) is 2.11. The molecule has 21 heavy (non-hydrogen) atoms. The third-order valence-corrected chi connectivity index (χ3v) is 3.98. The van der Waals surface area contributed by atoms with Crippen LogP contribution in [0.25, 0.3) is 0 Å². The van der Waals surface area contributed by atoms with Crippen molar-refractivity contribution in [2.75, 3.05) is 0 Å². The summed E-state index contributed by atoms with van der Waals surface area (Å²) in [6.07, 6.45) is 2.35. The fraction of sp³-hybridized carbons (Fsp3) is 0.533. The van der Waals surface area contributed by atoms with Crippen molar-refractivity contribution in [2.24, 2.45) is 5.92 Å². The van der Waals surface area contributed by atoms with E-state index in [1.807, 2.05) is 26.0 Å². The van der Waals surface area contributed by atoms with Gasteiger partial charge in [0.1, 0.15) is 12.1 Å². The summed E-state index contributed by atoms with van der Waals surface area (Å²) in [6.45, 7) is 6.17. The summed E-state index contributed by atoms with van der Waals surface area (Å²) in [5.41, 5.74) is 0.780. The fourth-order valence-electron chi connectivity index (χ4n) is 2.46. The van der Waals surface area contributed by atoms with Gasteiger partial charge in [-0.3, -0.25) is 14.6 Å². The van der Waals surface area contributed by atoms with Gasteiger partial charge in [0.2, 0.25) is 11.8 Å². The number of pyridine rings is 1. The molecular weight excluding hydrogens is 334 g/mol. The Bertz CT molecular complexity index is 530. The minimum atomic E-state index is -0.476. The molecule has 2 rings (SSSR count). The minimum Gasteiger partial charge on any atom is -0.343 e. The van der Waals surface area contributed by atoms with Crippen molar-refractivity contribution in [1.29, 1.82) is 0 Å². The molecule has 2 atom stereocenters. The van der Waals surface area contributed by atoms with Gasteiger partial charge < -0.3 is 10.2 Å². The highest BCUT2D eigenvalue weighted by Gasteiger charge is 2.38. The van der Waals surface area contributed by atoms with Crippen LogP contribution in [0, 0.1) is 5.92 Å². The average Bonchev–Trinajstić information content (AvgIpc) is 2.42. The monoisotopic (exact) mass is 353 g/mol. The van der Waals surface area contributed by atoms with E-state index < -0.39 is 12.1 Å². The first-order valence-corrected chi connectivity index (χ1v) is 7.89. The molecule has 1 aliphatic heterocycles. The van der Waals surface area contributed by atoms with Gasteiger partial charge in [0.05, 0.1) is 12.2 Å². The lowest BCUT2D eigenvalue weighted by atomic mass is 9.98. The molecule has 1 aromatic heterocycles. The van der Waals surface area contributed by atoms with Gasteiger partial charge in [-0.05, 0) is 47.3 Å². The van der Waals surface area contributed by atoms with Crippen molar-refractivity contribution < 1.29 is 9.59 Å². The molecule has 1 fully saturated rings. The van der Waals surface area contributed by atoms with Gasteiger partial charge in [-0.25, -0.2) is 0 Å². The first-order chi connectivity index (χ1) is 9.88. The molecule has 0 aliphatic carbocycles. The van der Waals surface area contributed by atoms with Crippen molar-refractivity contribution in [3.8, 4) is 0 Å². The minimum absolute atomic E-state index is 0.0510. The number of hydrogen-bond acceptors (Lipinski definition) is 3. The number of halogens is 1. The lowest BCUT2D eigenvalue weighted by Crippen LogP contribution is -2.62. The molecule has 2 amide bonds. The lowest BCUT2D eigenvalue weighted by molar-refractivity contribution is -0.150. The number of carbonyl (C=O) groups excluding carboxylic acids is 2. The number of nitrogens with zero attached hydrogens (tertiary/aromatic N) is 2. The topological polar surface area (TPSA) is 62.3 Å². The Kier molecular flexibility index (Phi) is 4.98. The first kappa shape index (κ1) is 15.9. The number of aromatic nitrogens is 1. The Morgan fingerprint density at radius 3 is 2.67 bits per heavy atom. The Hall–Kier alpha value is -1.43. The molecule has 1 aromatic rings. The van der Waals surface area contributed by atoms with Crippen LogP contribution < -0.4 is 5.32 Å². The molecule has 0 aromatic carbocycles. The van der Waals surface area contributed by atoms with Gasteiger partial charge in [-0.2, -0.15) is 0 Å². The Balaban J connectivity index is 2.22. The van der Waals surface area contributed by atoms with Crippen molar-refractivity contribution >= 4 is 27.7 Å². The number of nitrogens with one attached hydrogen (secondary N) is 1. The fourth-order valence-corrected chi connectivity index (χ4v) is 2.69. The highest BCUT2D eigenvalue weighted by molar-refractivity contribution is 9.10. The van der Waals surface area contributed by atoms with Crippen LogP contribution in [0.1, 0.15) is 32.9 Å². The highest BCUT2D eigenvalue weighted by Crippen LogP contribution is 2.20. The number of amides is 2. The summed E-state index contributed by atoms with van der Waals surface area (Å²) in [4.78, 5) is 30.6. The van der Waals surface area contributed by atoms with E-state index >= 15 is 0 Å². The van der Waals surface area contributed by atoms with Crippen LogP contribution in [0.15, 0.2) is 22.8 Å². The van der Waals surface area contributed by atoms with Crippen LogP contribution >= 0.6 is 15.9 Å². The second kappa shape index (κ2) is 6.56. The second-order valence-electron chi connectivity index (χ2n) is 5.81. The summed E-state index contributed by atoms with van der Waals surface area (Å²) in [6, 6.07) is 2.86. The summed E-state index contributed by atoms with van der Waals surface area (Å²) >= 11 is 3.34. The summed E-state index contributed by atoms with van der Waals surface area (Å²) < 4.78 is 0.890. The van der Waals surface area contributed by atoms with E-state index in [9.17, 15) is 9.59 Å². The molecule has 0 saturated carbocycles. The third-order valence-electron chi connectivity index (χ3n) is 3.51. The highest BCUT2D eigenvalue weighted by atomic mass is 79.9. The third kappa shape index (κ3) is 3.81. The van der Waals surface area contributed by atoms with E-state index in [-0.39, 0.29) is 11.8 Å². The molecule has 2 unspecified atom stereocenters. The van der Waals surface area contributed by atoms with Crippen molar-refractivity contribution in [2.45, 2.75) is 45.8 Å². The molecule has 5 nitrogen and oxygen atoms in total. The maximum Gasteiger partial charge on any atom is 0.245 e. The smallest absolute Gasteiger partial charge is 0.245 e. The quantitative estimate of drug-likeness (QED) is 0.901. The first-order valence-electron chi connectivity index (χ1n) is 7.09. The molecule has 0 radical (unpaired) electrons. The van der Waals surface area contributed by atoms with Gasteiger partial charge in [-0.15, -0.1) is 0 Å². The molecule has 2 heterocycles. The SMILES string of the molecule is CC(C)CC1C(=O)NC(C)C(=O)N1Cc1ccc(Br)cn1. The van der Waals surface area contributed by atoms with E-state index in [0.717, 1.165) is 10.2 Å². The van der Waals surface area contributed by atoms with Crippen LogP contribution in [0.4, 0.5) is 0 Å². The van der Waals surface area contributed by atoms with Gasteiger partial charge in [0, 0.05) is 10.7 Å². The molecule has 6 heteroatoms. The van der Waals surface area contributed by atoms with E-state index in [0.29, 0.717) is 18.9 Å². The molecule has 114 valence electrons. The molecule has 1 aliphatic rings. The van der Waals surface area contributed by atoms with Crippen LogP contribution in [0.5, 0.6) is 0 Å². The van der Waals surface area contributed by atoms with Crippen molar-refractivity contribution in [3.63, 3.8) is 0 Å². The maximum absolute atomic E-state index is 12.4. The second-order valence-corrected chi connectivity index (χ2v) is 6.73. The Morgan fingerprint density at radius 1 is 1.38 bits per heavy atom. The molecule has 0 bridgehead atoms. The number of piperazine rings is 1. The van der Waals surface area contributed by atoms with Crippen molar-refractivity contribution in [1.82, 2.24) is 15.2 Å². The Morgan fingerprint density at radius 2 is 2.10 bits per heavy atom. The van der Waals surface area contributed by atoms with E-state index in [1.165, 1.54) is 0 Å². The van der Waals surface area contributed by atoms with Gasteiger partial charge in [0.15, 0.2) is 0 Å². The maximum atomic E-state index is 12.4. The summed E-state index contributed by atoms with van der Waals surface area (Å²) in [5.74, 6) is 0.209. The normalized spacial score (nSPS) is 22.6. The zero-order chi connectivity index (χ0) is 15.6. The largest absolute Gasteiger partial charge is 0.343 e. The van der Waals surface area contributed by atoms with E-state index in [4.69, 9.17) is 0 Å². The predicted molar refractivity (Wildman–Crippen MR) is 83.3 cm³/mol. The Labute approximate surface area is 133 Å². The molecule has 1 N–H and O–H groups in total. The zero-order valence-electron chi connectivity index (χ0n) is 12.5. The van der Waals surface area contributed by atoms with Crippen molar-refractivity contribution in [3.05, 3.63) is 28.5 Å². The van der Waals surface area contributed by atoms with Crippen LogP contribution in [0.3, 0.4) is 0 Å². The van der Waals surface area contributed by atoms with E-state index in [1.54, 1.807) is 18.0 Å². The zero-order valence-corrected chi connectivity index (χ0v) is 14.1. The average molecular weight is 354 g/mol.